The summed E-state index contributed by atoms with van der Waals surface area (Å²) in [6, 6.07) is 0. The molecule has 0 aliphatic heterocycles. The molecule has 94 valence electrons. The first-order valence-electron chi connectivity index (χ1n) is 5.63. The molecule has 17 heavy (non-hydrogen) atoms. The third-order valence-electron chi connectivity index (χ3n) is 2.84. The van der Waals surface area contributed by atoms with E-state index < -0.39 is 5.54 Å². The van der Waals surface area contributed by atoms with Crippen LogP contribution in [0.15, 0.2) is 12.5 Å². The van der Waals surface area contributed by atoms with E-state index >= 15 is 0 Å². The van der Waals surface area contributed by atoms with Crippen molar-refractivity contribution in [3.63, 3.8) is 0 Å². The zero-order chi connectivity index (χ0) is 13.1. The van der Waals surface area contributed by atoms with Crippen LogP contribution in [0.4, 0.5) is 0 Å². The summed E-state index contributed by atoms with van der Waals surface area (Å²) in [6.07, 6.45) is 3.86. The zero-order valence-corrected chi connectivity index (χ0v) is 10.7. The average molecular weight is 237 g/mol. The maximum absolute atomic E-state index is 11.9. The van der Waals surface area contributed by atoms with E-state index in [9.17, 15) is 9.59 Å². The normalized spacial score (nSPS) is 13.2. The predicted octanol–water partition coefficient (Wildman–Crippen LogP) is 1.07. The summed E-state index contributed by atoms with van der Waals surface area (Å²) in [6.45, 7) is 6.71. The second-order valence-corrected chi connectivity index (χ2v) is 4.85. The summed E-state index contributed by atoms with van der Waals surface area (Å²) < 4.78 is 0. The number of imidazole rings is 1. The second kappa shape index (κ2) is 5.12. The SMILES string of the molecule is CC(=O)C(C)(C)NC(=O)[C@@H](C)Cc1cnc[nH]1. The number of carbonyl (C=O) groups excluding carboxylic acids is 2. The number of hydrogen-bond acceptors (Lipinski definition) is 3. The van der Waals surface area contributed by atoms with E-state index in [1.807, 2.05) is 6.92 Å². The quantitative estimate of drug-likeness (QED) is 0.804. The maximum Gasteiger partial charge on any atom is 0.223 e. The Labute approximate surface area is 101 Å². The molecule has 0 unspecified atom stereocenters. The van der Waals surface area contributed by atoms with Crippen LogP contribution in [-0.4, -0.2) is 27.2 Å². The van der Waals surface area contributed by atoms with Gasteiger partial charge in [-0.1, -0.05) is 6.92 Å². The highest BCUT2D eigenvalue weighted by Crippen LogP contribution is 2.09. The first kappa shape index (κ1) is 13.4. The lowest BCUT2D eigenvalue weighted by Gasteiger charge is -2.25. The predicted molar refractivity (Wildman–Crippen MR) is 64.4 cm³/mol. The first-order chi connectivity index (χ1) is 7.83. The molecule has 1 heterocycles. The lowest BCUT2D eigenvalue weighted by Crippen LogP contribution is -2.50. The van der Waals surface area contributed by atoms with Crippen molar-refractivity contribution in [3.05, 3.63) is 18.2 Å². The number of aromatic nitrogens is 2. The smallest absolute Gasteiger partial charge is 0.223 e. The molecule has 1 atom stereocenters. The van der Waals surface area contributed by atoms with Gasteiger partial charge in [-0.3, -0.25) is 9.59 Å². The third kappa shape index (κ3) is 3.69. The third-order valence-corrected chi connectivity index (χ3v) is 2.84. The van der Waals surface area contributed by atoms with Gasteiger partial charge in [0.05, 0.1) is 11.9 Å². The van der Waals surface area contributed by atoms with E-state index in [4.69, 9.17) is 0 Å². The molecule has 1 aromatic rings. The van der Waals surface area contributed by atoms with Crippen LogP contribution >= 0.6 is 0 Å². The van der Waals surface area contributed by atoms with E-state index in [0.717, 1.165) is 5.69 Å². The van der Waals surface area contributed by atoms with Gasteiger partial charge < -0.3 is 10.3 Å². The lowest BCUT2D eigenvalue weighted by atomic mass is 9.97. The molecule has 1 aromatic heterocycles. The molecule has 5 heteroatoms. The molecule has 0 radical (unpaired) electrons. The van der Waals surface area contributed by atoms with Gasteiger partial charge in [-0.25, -0.2) is 4.98 Å². The Balaban J connectivity index is 2.56. The van der Waals surface area contributed by atoms with Crippen molar-refractivity contribution in [2.45, 2.75) is 39.7 Å². The number of hydrogen-bond donors (Lipinski definition) is 2. The summed E-state index contributed by atoms with van der Waals surface area (Å²) >= 11 is 0. The fourth-order valence-electron chi connectivity index (χ4n) is 1.34. The number of Topliss-reactive ketones (excluding diaryl/α,β-unsaturated/α-hetero) is 1. The highest BCUT2D eigenvalue weighted by molar-refractivity contribution is 5.91. The van der Waals surface area contributed by atoms with Crippen molar-refractivity contribution in [1.29, 1.82) is 0 Å². The molecule has 2 N–H and O–H groups in total. The molecule has 0 spiro atoms. The molecule has 0 saturated heterocycles. The van der Waals surface area contributed by atoms with E-state index in [0.29, 0.717) is 6.42 Å². The minimum atomic E-state index is -0.806. The van der Waals surface area contributed by atoms with Crippen molar-refractivity contribution >= 4 is 11.7 Å². The Morgan fingerprint density at radius 3 is 2.65 bits per heavy atom. The van der Waals surface area contributed by atoms with Crippen molar-refractivity contribution in [2.75, 3.05) is 0 Å². The summed E-state index contributed by atoms with van der Waals surface area (Å²) in [4.78, 5) is 30.0. The lowest BCUT2D eigenvalue weighted by molar-refractivity contribution is -0.131. The van der Waals surface area contributed by atoms with Crippen LogP contribution in [0.25, 0.3) is 0 Å². The number of ketones is 1. The maximum atomic E-state index is 11.9. The van der Waals surface area contributed by atoms with Crippen molar-refractivity contribution in [2.24, 2.45) is 5.92 Å². The minimum absolute atomic E-state index is 0.0559. The van der Waals surface area contributed by atoms with Gasteiger partial charge in [-0.05, 0) is 20.8 Å². The summed E-state index contributed by atoms with van der Waals surface area (Å²) in [5.41, 5.74) is 0.104. The fourth-order valence-corrected chi connectivity index (χ4v) is 1.34. The molecule has 0 aromatic carbocycles. The number of carbonyl (C=O) groups is 2. The monoisotopic (exact) mass is 237 g/mol. The van der Waals surface area contributed by atoms with E-state index in [1.165, 1.54) is 6.92 Å². The molecule has 1 rings (SSSR count). The number of aromatic amines is 1. The molecule has 0 fully saturated rings. The number of nitrogens with zero attached hydrogens (tertiary/aromatic N) is 1. The van der Waals surface area contributed by atoms with E-state index in [1.54, 1.807) is 26.4 Å². The number of H-pyrrole nitrogens is 1. The first-order valence-corrected chi connectivity index (χ1v) is 5.63. The Bertz CT molecular complexity index is 396. The summed E-state index contributed by atoms with van der Waals surface area (Å²) in [5, 5.41) is 2.75. The largest absolute Gasteiger partial charge is 0.348 e. The topological polar surface area (TPSA) is 74.8 Å². The molecule has 0 aliphatic carbocycles. The molecule has 0 saturated carbocycles. The molecule has 5 nitrogen and oxygen atoms in total. The van der Waals surface area contributed by atoms with Gasteiger partial charge in [0.25, 0.3) is 0 Å². The van der Waals surface area contributed by atoms with Gasteiger partial charge >= 0.3 is 0 Å². The van der Waals surface area contributed by atoms with E-state index in [2.05, 4.69) is 15.3 Å². The van der Waals surface area contributed by atoms with Crippen molar-refractivity contribution in [3.8, 4) is 0 Å². The highest BCUT2D eigenvalue weighted by atomic mass is 16.2. The van der Waals surface area contributed by atoms with Crippen LogP contribution in [0.5, 0.6) is 0 Å². The summed E-state index contributed by atoms with van der Waals surface area (Å²) in [5.74, 6) is -0.381. The Morgan fingerprint density at radius 1 is 1.53 bits per heavy atom. The highest BCUT2D eigenvalue weighted by Gasteiger charge is 2.27. The van der Waals surface area contributed by atoms with Gasteiger partial charge in [-0.15, -0.1) is 0 Å². The standard InChI is InChI=1S/C12H19N3O2/c1-8(5-10-6-13-7-14-10)11(17)15-12(3,4)9(2)16/h6-8H,5H2,1-4H3,(H,13,14)(H,15,17)/t8-/m0/s1. The van der Waals surface area contributed by atoms with Gasteiger partial charge in [0.1, 0.15) is 0 Å². The zero-order valence-electron chi connectivity index (χ0n) is 10.7. The van der Waals surface area contributed by atoms with E-state index in [-0.39, 0.29) is 17.6 Å². The molecule has 1 amide bonds. The minimum Gasteiger partial charge on any atom is -0.348 e. The van der Waals surface area contributed by atoms with Crippen LogP contribution < -0.4 is 5.32 Å². The van der Waals surface area contributed by atoms with Gasteiger partial charge in [-0.2, -0.15) is 0 Å². The van der Waals surface area contributed by atoms with Crippen LogP contribution in [0.3, 0.4) is 0 Å². The fraction of sp³-hybridized carbons (Fsp3) is 0.583. The van der Waals surface area contributed by atoms with Crippen LogP contribution in [0.1, 0.15) is 33.4 Å². The van der Waals surface area contributed by atoms with Gasteiger partial charge in [0.15, 0.2) is 5.78 Å². The second-order valence-electron chi connectivity index (χ2n) is 4.85. The van der Waals surface area contributed by atoms with Gasteiger partial charge in [0, 0.05) is 24.2 Å². The molecule has 0 aliphatic rings. The Hall–Kier alpha value is -1.65. The molecular formula is C12H19N3O2. The van der Waals surface area contributed by atoms with Crippen LogP contribution in [0.2, 0.25) is 0 Å². The molecular weight excluding hydrogens is 218 g/mol. The number of amides is 1. The summed E-state index contributed by atoms with van der Waals surface area (Å²) in [7, 11) is 0. The average Bonchev–Trinajstić information content (AvgIpc) is 2.69. The Morgan fingerprint density at radius 2 is 2.18 bits per heavy atom. The number of nitrogens with one attached hydrogen (secondary N) is 2. The Kier molecular flexibility index (Phi) is 4.04. The number of rotatable bonds is 5. The molecule has 0 bridgehead atoms. The van der Waals surface area contributed by atoms with Crippen molar-refractivity contribution in [1.82, 2.24) is 15.3 Å². The van der Waals surface area contributed by atoms with Crippen LogP contribution in [0, 0.1) is 5.92 Å². The van der Waals surface area contributed by atoms with Crippen molar-refractivity contribution < 1.29 is 9.59 Å². The van der Waals surface area contributed by atoms with Gasteiger partial charge in [0.2, 0.25) is 5.91 Å². The van der Waals surface area contributed by atoms with Crippen LogP contribution in [-0.2, 0) is 16.0 Å².